The molecular formula is C15H20N2O3S. The van der Waals surface area contributed by atoms with E-state index in [1.165, 1.54) is 11.1 Å². The van der Waals surface area contributed by atoms with Crippen molar-refractivity contribution in [3.05, 3.63) is 35.4 Å². The van der Waals surface area contributed by atoms with E-state index >= 15 is 0 Å². The number of fused-ring (bicyclic) bond motifs is 1. The molecule has 0 saturated carbocycles. The van der Waals surface area contributed by atoms with E-state index in [1.807, 2.05) is 12.1 Å². The quantitative estimate of drug-likeness (QED) is 0.829. The standard InChI is InChI=1S/C15H20N2O3S/c18-15(17-13-5-7-21(19,20)8-6-13)14-9-11-3-1-2-4-12(11)10-16-14/h1-4,13-14,16H,5-10H2,(H,17,18). The van der Waals surface area contributed by atoms with Crippen LogP contribution in [0.2, 0.25) is 0 Å². The van der Waals surface area contributed by atoms with Crippen LogP contribution in [0, 0.1) is 0 Å². The van der Waals surface area contributed by atoms with Gasteiger partial charge in [0.25, 0.3) is 0 Å². The highest BCUT2D eigenvalue weighted by Gasteiger charge is 2.28. The lowest BCUT2D eigenvalue weighted by Crippen LogP contribution is -2.51. The monoisotopic (exact) mass is 308 g/mol. The third-order valence-electron chi connectivity index (χ3n) is 4.30. The molecule has 0 aromatic heterocycles. The van der Waals surface area contributed by atoms with Gasteiger partial charge in [-0.25, -0.2) is 8.42 Å². The smallest absolute Gasteiger partial charge is 0.237 e. The first-order valence-corrected chi connectivity index (χ1v) is 9.16. The van der Waals surface area contributed by atoms with Crippen molar-refractivity contribution < 1.29 is 13.2 Å². The number of hydrogen-bond acceptors (Lipinski definition) is 4. The van der Waals surface area contributed by atoms with Crippen LogP contribution < -0.4 is 10.6 Å². The highest BCUT2D eigenvalue weighted by molar-refractivity contribution is 7.91. The summed E-state index contributed by atoms with van der Waals surface area (Å²) in [5.74, 6) is 0.339. The number of hydrogen-bond donors (Lipinski definition) is 2. The summed E-state index contributed by atoms with van der Waals surface area (Å²) in [6.45, 7) is 0.702. The zero-order valence-corrected chi connectivity index (χ0v) is 12.7. The van der Waals surface area contributed by atoms with Crippen LogP contribution in [0.5, 0.6) is 0 Å². The molecule has 1 aromatic carbocycles. The molecule has 1 saturated heterocycles. The second-order valence-electron chi connectivity index (χ2n) is 5.84. The van der Waals surface area contributed by atoms with Gasteiger partial charge >= 0.3 is 0 Å². The molecule has 6 heteroatoms. The van der Waals surface area contributed by atoms with Gasteiger partial charge in [-0.3, -0.25) is 4.79 Å². The summed E-state index contributed by atoms with van der Waals surface area (Å²) < 4.78 is 22.8. The molecular weight excluding hydrogens is 288 g/mol. The van der Waals surface area contributed by atoms with Crippen molar-refractivity contribution in [3.8, 4) is 0 Å². The van der Waals surface area contributed by atoms with Crippen molar-refractivity contribution in [2.75, 3.05) is 11.5 Å². The first-order chi connectivity index (χ1) is 10.0. The Morgan fingerprint density at radius 1 is 1.14 bits per heavy atom. The lowest BCUT2D eigenvalue weighted by molar-refractivity contribution is -0.124. The molecule has 1 unspecified atom stereocenters. The van der Waals surface area contributed by atoms with Crippen LogP contribution in [0.3, 0.4) is 0 Å². The molecule has 1 fully saturated rings. The van der Waals surface area contributed by atoms with Crippen LogP contribution in [0.4, 0.5) is 0 Å². The molecule has 114 valence electrons. The van der Waals surface area contributed by atoms with Crippen LogP contribution in [0.1, 0.15) is 24.0 Å². The van der Waals surface area contributed by atoms with E-state index in [0.717, 1.165) is 0 Å². The molecule has 0 spiro atoms. The average molecular weight is 308 g/mol. The van der Waals surface area contributed by atoms with Crippen molar-refractivity contribution in [2.45, 2.75) is 37.9 Å². The maximum absolute atomic E-state index is 12.3. The Kier molecular flexibility index (Phi) is 3.99. The van der Waals surface area contributed by atoms with Crippen molar-refractivity contribution in [1.82, 2.24) is 10.6 Å². The molecule has 0 aliphatic carbocycles. The topological polar surface area (TPSA) is 75.3 Å². The Labute approximate surface area is 125 Å². The molecule has 3 rings (SSSR count). The highest BCUT2D eigenvalue weighted by Crippen LogP contribution is 2.17. The van der Waals surface area contributed by atoms with Gasteiger partial charge in [-0.2, -0.15) is 0 Å². The Balaban J connectivity index is 1.58. The number of amides is 1. The molecule has 0 radical (unpaired) electrons. The summed E-state index contributed by atoms with van der Waals surface area (Å²) in [5, 5.41) is 6.24. The Hall–Kier alpha value is -1.40. The molecule has 0 bridgehead atoms. The molecule has 21 heavy (non-hydrogen) atoms. The average Bonchev–Trinajstić information content (AvgIpc) is 2.49. The van der Waals surface area contributed by atoms with Gasteiger partial charge in [-0.05, 0) is 30.4 Å². The number of carbonyl (C=O) groups is 1. The number of rotatable bonds is 2. The molecule has 2 aliphatic heterocycles. The minimum absolute atomic E-state index is 0.0139. The van der Waals surface area contributed by atoms with E-state index in [0.29, 0.717) is 25.8 Å². The Bertz CT molecular complexity index is 628. The van der Waals surface area contributed by atoms with Gasteiger partial charge in [0.2, 0.25) is 5.91 Å². The highest BCUT2D eigenvalue weighted by atomic mass is 32.2. The molecule has 2 heterocycles. The molecule has 2 N–H and O–H groups in total. The predicted octanol–water partition coefficient (Wildman–Crippen LogP) is 0.394. The summed E-state index contributed by atoms with van der Waals surface area (Å²) in [6.07, 6.45) is 1.74. The number of nitrogens with one attached hydrogen (secondary N) is 2. The fourth-order valence-electron chi connectivity index (χ4n) is 2.98. The predicted molar refractivity (Wildman–Crippen MR) is 80.6 cm³/mol. The zero-order chi connectivity index (χ0) is 14.9. The maximum atomic E-state index is 12.3. The number of benzene rings is 1. The van der Waals surface area contributed by atoms with E-state index < -0.39 is 9.84 Å². The van der Waals surface area contributed by atoms with E-state index in [1.54, 1.807) is 0 Å². The van der Waals surface area contributed by atoms with E-state index in [4.69, 9.17) is 0 Å². The van der Waals surface area contributed by atoms with Gasteiger partial charge in [0, 0.05) is 12.6 Å². The normalized spacial score (nSPS) is 25.0. The zero-order valence-electron chi connectivity index (χ0n) is 11.8. The summed E-state index contributed by atoms with van der Waals surface area (Å²) in [6, 6.07) is 7.89. The molecule has 1 aromatic rings. The van der Waals surface area contributed by atoms with Crippen LogP contribution in [-0.2, 0) is 27.6 Å². The van der Waals surface area contributed by atoms with Gasteiger partial charge in [-0.1, -0.05) is 24.3 Å². The molecule has 1 amide bonds. The lowest BCUT2D eigenvalue weighted by atomic mass is 9.95. The second kappa shape index (κ2) is 5.77. The van der Waals surface area contributed by atoms with E-state index in [9.17, 15) is 13.2 Å². The first-order valence-electron chi connectivity index (χ1n) is 7.34. The minimum Gasteiger partial charge on any atom is -0.352 e. The minimum atomic E-state index is -2.88. The summed E-state index contributed by atoms with van der Waals surface area (Å²) >= 11 is 0. The van der Waals surface area contributed by atoms with Gasteiger partial charge < -0.3 is 10.6 Å². The van der Waals surface area contributed by atoms with Crippen LogP contribution in [-0.4, -0.2) is 37.9 Å². The van der Waals surface area contributed by atoms with Crippen molar-refractivity contribution in [1.29, 1.82) is 0 Å². The van der Waals surface area contributed by atoms with Gasteiger partial charge in [-0.15, -0.1) is 0 Å². The molecule has 1 atom stereocenters. The van der Waals surface area contributed by atoms with Gasteiger partial charge in [0.15, 0.2) is 0 Å². The number of carbonyl (C=O) groups excluding carboxylic acids is 1. The van der Waals surface area contributed by atoms with Crippen LogP contribution in [0.15, 0.2) is 24.3 Å². The third-order valence-corrected chi connectivity index (χ3v) is 6.01. The van der Waals surface area contributed by atoms with Crippen molar-refractivity contribution >= 4 is 15.7 Å². The lowest BCUT2D eigenvalue weighted by Gasteiger charge is -2.29. The summed E-state index contributed by atoms with van der Waals surface area (Å²) in [7, 11) is -2.88. The largest absolute Gasteiger partial charge is 0.352 e. The second-order valence-corrected chi connectivity index (χ2v) is 8.14. The maximum Gasteiger partial charge on any atom is 0.237 e. The van der Waals surface area contributed by atoms with E-state index in [2.05, 4.69) is 22.8 Å². The molecule has 2 aliphatic rings. The first kappa shape index (κ1) is 14.5. The van der Waals surface area contributed by atoms with Crippen LogP contribution in [0.25, 0.3) is 0 Å². The Morgan fingerprint density at radius 2 is 1.81 bits per heavy atom. The van der Waals surface area contributed by atoms with Crippen molar-refractivity contribution in [3.63, 3.8) is 0 Å². The van der Waals surface area contributed by atoms with Gasteiger partial charge in [0.05, 0.1) is 17.5 Å². The Morgan fingerprint density at radius 3 is 2.52 bits per heavy atom. The van der Waals surface area contributed by atoms with E-state index in [-0.39, 0.29) is 29.5 Å². The fourth-order valence-corrected chi connectivity index (χ4v) is 4.47. The third kappa shape index (κ3) is 3.44. The van der Waals surface area contributed by atoms with Crippen LogP contribution >= 0.6 is 0 Å². The fraction of sp³-hybridized carbons (Fsp3) is 0.533. The van der Waals surface area contributed by atoms with Crippen molar-refractivity contribution in [2.24, 2.45) is 0 Å². The SMILES string of the molecule is O=C(NC1CCS(=O)(=O)CC1)C1Cc2ccccc2CN1. The summed E-state index contributed by atoms with van der Waals surface area (Å²) in [4.78, 5) is 12.3. The summed E-state index contributed by atoms with van der Waals surface area (Å²) in [5.41, 5.74) is 2.45. The molecule has 5 nitrogen and oxygen atoms in total. The number of sulfone groups is 1. The van der Waals surface area contributed by atoms with Gasteiger partial charge in [0.1, 0.15) is 9.84 Å².